The molecule has 0 spiro atoms. The van der Waals surface area contributed by atoms with Gasteiger partial charge in [0.1, 0.15) is 0 Å². The van der Waals surface area contributed by atoms with Crippen molar-refractivity contribution in [2.45, 2.75) is 25.1 Å². The third kappa shape index (κ3) is 5.05. The van der Waals surface area contributed by atoms with Gasteiger partial charge in [0.2, 0.25) is 5.91 Å². The summed E-state index contributed by atoms with van der Waals surface area (Å²) in [5.74, 6) is -0.240. The minimum absolute atomic E-state index is 0.0403. The Morgan fingerprint density at radius 3 is 2.45 bits per heavy atom. The van der Waals surface area contributed by atoms with Crippen molar-refractivity contribution in [3.63, 3.8) is 0 Å². The number of alkyl halides is 3. The molecule has 3 nitrogen and oxygen atoms in total. The zero-order chi connectivity index (χ0) is 15.2. The number of halogens is 3. The Hall–Kier alpha value is -1.82. The van der Waals surface area contributed by atoms with Crippen molar-refractivity contribution >= 4 is 5.91 Å². The van der Waals surface area contributed by atoms with Crippen LogP contribution in [0.25, 0.3) is 0 Å². The van der Waals surface area contributed by atoms with E-state index in [2.05, 4.69) is 11.9 Å². The Kier molecular flexibility index (Phi) is 5.76. The normalized spacial score (nSPS) is 12.8. The predicted molar refractivity (Wildman–Crippen MR) is 68.8 cm³/mol. The van der Waals surface area contributed by atoms with Crippen LogP contribution in [0.1, 0.15) is 30.1 Å². The number of carbonyl (C=O) groups is 1. The Bertz CT molecular complexity index is 454. The topological polar surface area (TPSA) is 49.3 Å². The summed E-state index contributed by atoms with van der Waals surface area (Å²) >= 11 is 0. The number of carbonyl (C=O) groups excluding carboxylic acids is 1. The molecule has 0 saturated carbocycles. The Morgan fingerprint density at radius 2 is 1.95 bits per heavy atom. The number of aliphatic hydroxyl groups excluding tert-OH is 1. The van der Waals surface area contributed by atoms with Crippen LogP contribution in [-0.4, -0.2) is 17.6 Å². The van der Waals surface area contributed by atoms with E-state index in [0.29, 0.717) is 12.0 Å². The molecule has 0 saturated heterocycles. The second kappa shape index (κ2) is 7.09. The number of rotatable bonds is 6. The van der Waals surface area contributed by atoms with Crippen LogP contribution in [0.5, 0.6) is 0 Å². The summed E-state index contributed by atoms with van der Waals surface area (Å²) in [6.45, 7) is 3.44. The third-order valence-corrected chi connectivity index (χ3v) is 2.69. The van der Waals surface area contributed by atoms with Gasteiger partial charge in [0.05, 0.1) is 11.7 Å². The van der Waals surface area contributed by atoms with E-state index in [4.69, 9.17) is 0 Å². The number of hydrogen-bond donors (Lipinski definition) is 2. The molecule has 0 bridgehead atoms. The van der Waals surface area contributed by atoms with Crippen LogP contribution in [0.3, 0.4) is 0 Å². The summed E-state index contributed by atoms with van der Waals surface area (Å²) in [4.78, 5) is 11.3. The lowest BCUT2D eigenvalue weighted by Gasteiger charge is -2.13. The monoisotopic (exact) mass is 287 g/mol. The first kappa shape index (κ1) is 16.2. The van der Waals surface area contributed by atoms with Gasteiger partial charge in [0.15, 0.2) is 0 Å². The maximum Gasteiger partial charge on any atom is 0.416 e. The molecule has 2 N–H and O–H groups in total. The zero-order valence-electron chi connectivity index (χ0n) is 10.8. The molecule has 0 heterocycles. The van der Waals surface area contributed by atoms with Crippen molar-refractivity contribution in [2.75, 3.05) is 6.54 Å². The van der Waals surface area contributed by atoms with Crippen LogP contribution in [0.4, 0.5) is 13.2 Å². The molecule has 0 radical (unpaired) electrons. The summed E-state index contributed by atoms with van der Waals surface area (Å²) in [5, 5.41) is 12.3. The summed E-state index contributed by atoms with van der Waals surface area (Å²) < 4.78 is 37.1. The van der Waals surface area contributed by atoms with Crippen LogP contribution >= 0.6 is 0 Å². The number of allylic oxidation sites excluding steroid dienone is 1. The third-order valence-electron chi connectivity index (χ3n) is 2.69. The quantitative estimate of drug-likeness (QED) is 0.790. The highest BCUT2D eigenvalue weighted by Gasteiger charge is 2.30. The lowest BCUT2D eigenvalue weighted by Crippen LogP contribution is -2.28. The molecule has 1 atom stereocenters. The summed E-state index contributed by atoms with van der Waals surface area (Å²) in [7, 11) is 0. The van der Waals surface area contributed by atoms with Crippen LogP contribution < -0.4 is 5.32 Å². The van der Waals surface area contributed by atoms with Gasteiger partial charge in [-0.15, -0.1) is 6.58 Å². The molecule has 0 aliphatic rings. The first-order valence-corrected chi connectivity index (χ1v) is 6.07. The molecule has 0 aliphatic heterocycles. The van der Waals surface area contributed by atoms with Crippen molar-refractivity contribution in [3.8, 4) is 0 Å². The fourth-order valence-corrected chi connectivity index (χ4v) is 1.54. The zero-order valence-corrected chi connectivity index (χ0v) is 10.8. The average molecular weight is 287 g/mol. The lowest BCUT2D eigenvalue weighted by atomic mass is 10.1. The molecule has 1 unspecified atom stereocenters. The number of benzene rings is 1. The van der Waals surface area contributed by atoms with Gasteiger partial charge in [0, 0.05) is 13.0 Å². The first-order chi connectivity index (χ1) is 9.34. The van der Waals surface area contributed by atoms with Gasteiger partial charge in [-0.3, -0.25) is 4.79 Å². The van der Waals surface area contributed by atoms with Gasteiger partial charge < -0.3 is 10.4 Å². The predicted octanol–water partition coefficient (Wildman–Crippen LogP) is 2.82. The first-order valence-electron chi connectivity index (χ1n) is 6.07. The Morgan fingerprint density at radius 1 is 1.35 bits per heavy atom. The molecule has 0 aromatic heterocycles. The van der Waals surface area contributed by atoms with E-state index in [9.17, 15) is 23.1 Å². The maximum absolute atomic E-state index is 12.4. The number of amides is 1. The fourth-order valence-electron chi connectivity index (χ4n) is 1.54. The van der Waals surface area contributed by atoms with Crippen molar-refractivity contribution in [2.24, 2.45) is 0 Å². The Labute approximate surface area is 115 Å². The molecule has 0 aliphatic carbocycles. The lowest BCUT2D eigenvalue weighted by molar-refractivity contribution is -0.137. The maximum atomic E-state index is 12.4. The Balaban J connectivity index is 2.53. The van der Waals surface area contributed by atoms with Gasteiger partial charge in [-0.2, -0.15) is 13.2 Å². The summed E-state index contributed by atoms with van der Waals surface area (Å²) in [6, 6.07) is 4.20. The SMILES string of the molecule is C=CCCC(=O)NCC(O)c1ccc(C(F)(F)F)cc1. The largest absolute Gasteiger partial charge is 0.416 e. The molecule has 1 amide bonds. The van der Waals surface area contributed by atoms with E-state index in [1.807, 2.05) is 0 Å². The molecular weight excluding hydrogens is 271 g/mol. The molecule has 1 aromatic carbocycles. The number of hydrogen-bond acceptors (Lipinski definition) is 2. The van der Waals surface area contributed by atoms with E-state index in [1.54, 1.807) is 6.08 Å². The molecule has 1 aromatic rings. The number of aliphatic hydroxyl groups is 1. The minimum atomic E-state index is -4.40. The van der Waals surface area contributed by atoms with Gasteiger partial charge in [-0.1, -0.05) is 18.2 Å². The van der Waals surface area contributed by atoms with E-state index in [1.165, 1.54) is 12.1 Å². The highest BCUT2D eigenvalue weighted by atomic mass is 19.4. The molecule has 110 valence electrons. The minimum Gasteiger partial charge on any atom is -0.387 e. The molecular formula is C14H16F3NO2. The molecule has 1 rings (SSSR count). The standard InChI is InChI=1S/C14H16F3NO2/c1-2-3-4-13(20)18-9-12(19)10-5-7-11(8-6-10)14(15,16)17/h2,5-8,12,19H,1,3-4,9H2,(H,18,20). The summed E-state index contributed by atoms with van der Waals surface area (Å²) in [5.41, 5.74) is -0.453. The van der Waals surface area contributed by atoms with Crippen molar-refractivity contribution < 1.29 is 23.1 Å². The molecule has 0 fully saturated rings. The van der Waals surface area contributed by atoms with E-state index < -0.39 is 17.8 Å². The van der Waals surface area contributed by atoms with Crippen LogP contribution in [0.15, 0.2) is 36.9 Å². The van der Waals surface area contributed by atoms with Gasteiger partial charge in [-0.05, 0) is 24.1 Å². The van der Waals surface area contributed by atoms with Crippen LogP contribution in [0, 0.1) is 0 Å². The van der Waals surface area contributed by atoms with Crippen molar-refractivity contribution in [1.82, 2.24) is 5.32 Å². The van der Waals surface area contributed by atoms with E-state index in [0.717, 1.165) is 12.1 Å². The van der Waals surface area contributed by atoms with Gasteiger partial charge in [0.25, 0.3) is 0 Å². The molecule has 20 heavy (non-hydrogen) atoms. The second-order valence-electron chi connectivity index (χ2n) is 4.27. The van der Waals surface area contributed by atoms with Crippen molar-refractivity contribution in [3.05, 3.63) is 48.0 Å². The smallest absolute Gasteiger partial charge is 0.387 e. The fraction of sp³-hybridized carbons (Fsp3) is 0.357. The van der Waals surface area contributed by atoms with Crippen molar-refractivity contribution in [1.29, 1.82) is 0 Å². The highest BCUT2D eigenvalue weighted by Crippen LogP contribution is 2.29. The number of nitrogens with one attached hydrogen (secondary N) is 1. The van der Waals surface area contributed by atoms with E-state index >= 15 is 0 Å². The summed E-state index contributed by atoms with van der Waals surface area (Å²) in [6.07, 6.45) is -3.04. The van der Waals surface area contributed by atoms with Gasteiger partial charge >= 0.3 is 6.18 Å². The second-order valence-corrected chi connectivity index (χ2v) is 4.27. The van der Waals surface area contributed by atoms with Gasteiger partial charge in [-0.25, -0.2) is 0 Å². The average Bonchev–Trinajstić information content (AvgIpc) is 2.41. The van der Waals surface area contributed by atoms with Crippen LogP contribution in [-0.2, 0) is 11.0 Å². The highest BCUT2D eigenvalue weighted by molar-refractivity contribution is 5.76. The van der Waals surface area contributed by atoms with E-state index in [-0.39, 0.29) is 18.9 Å². The van der Waals surface area contributed by atoms with Crippen LogP contribution in [0.2, 0.25) is 0 Å². The molecule has 6 heteroatoms.